The van der Waals surface area contributed by atoms with Crippen LogP contribution in [-0.4, -0.2) is 51.2 Å². The van der Waals surface area contributed by atoms with Crippen molar-refractivity contribution in [2.24, 2.45) is 0 Å². The molecule has 0 aliphatic heterocycles. The largest absolute Gasteiger partial charge is 0.493 e. The number of benzene rings is 2. The highest BCUT2D eigenvalue weighted by atomic mass is 32.2. The number of anilines is 1. The van der Waals surface area contributed by atoms with Crippen molar-refractivity contribution in [1.82, 2.24) is 14.9 Å². The number of hydrogen-bond acceptors (Lipinski definition) is 6. The van der Waals surface area contributed by atoms with Crippen LogP contribution in [0.3, 0.4) is 0 Å². The predicted molar refractivity (Wildman–Crippen MR) is 120 cm³/mol. The molecule has 3 aromatic rings. The molecule has 0 unspecified atom stereocenters. The number of hydrogen-bond donors (Lipinski definition) is 1. The highest BCUT2D eigenvalue weighted by molar-refractivity contribution is 7.92. The third kappa shape index (κ3) is 6.01. The zero-order valence-corrected chi connectivity index (χ0v) is 19.1. The summed E-state index contributed by atoms with van der Waals surface area (Å²) in [6.07, 6.45) is 5.79. The Morgan fingerprint density at radius 3 is 2.48 bits per heavy atom. The number of imidazole rings is 1. The van der Waals surface area contributed by atoms with E-state index in [1.165, 1.54) is 44.6 Å². The Balaban J connectivity index is 1.80. The molecule has 11 heteroatoms. The number of carbonyl (C=O) groups is 1. The third-order valence-corrected chi connectivity index (χ3v) is 6.59. The molecule has 0 saturated heterocycles. The third-order valence-electron chi connectivity index (χ3n) is 4.82. The maximum absolute atomic E-state index is 13.5. The zero-order valence-electron chi connectivity index (χ0n) is 18.3. The van der Waals surface area contributed by atoms with Gasteiger partial charge in [0.2, 0.25) is 5.91 Å². The molecule has 1 aromatic heterocycles. The van der Waals surface area contributed by atoms with Crippen molar-refractivity contribution in [2.45, 2.75) is 17.9 Å². The van der Waals surface area contributed by atoms with E-state index in [0.29, 0.717) is 25.3 Å². The molecule has 33 heavy (non-hydrogen) atoms. The smallest absolute Gasteiger partial charge is 0.264 e. The number of rotatable bonds is 11. The first-order valence-electron chi connectivity index (χ1n) is 10.1. The van der Waals surface area contributed by atoms with E-state index < -0.39 is 28.3 Å². The lowest BCUT2D eigenvalue weighted by molar-refractivity contribution is -0.119. The number of aryl methyl sites for hydroxylation is 1. The first-order valence-corrected chi connectivity index (χ1v) is 11.5. The highest BCUT2D eigenvalue weighted by Crippen LogP contribution is 2.32. The van der Waals surface area contributed by atoms with Gasteiger partial charge in [-0.05, 0) is 42.8 Å². The molecule has 0 aliphatic carbocycles. The molecule has 1 heterocycles. The van der Waals surface area contributed by atoms with Crippen molar-refractivity contribution in [2.75, 3.05) is 31.6 Å². The predicted octanol–water partition coefficient (Wildman–Crippen LogP) is 2.44. The molecule has 0 saturated carbocycles. The van der Waals surface area contributed by atoms with Crippen LogP contribution in [0.25, 0.3) is 0 Å². The Kier molecular flexibility index (Phi) is 7.88. The summed E-state index contributed by atoms with van der Waals surface area (Å²) in [5.74, 6) is -0.429. The molecule has 9 nitrogen and oxygen atoms in total. The highest BCUT2D eigenvalue weighted by Gasteiger charge is 2.28. The first-order chi connectivity index (χ1) is 15.8. The topological polar surface area (TPSA) is 103 Å². The molecule has 3 rings (SSSR count). The Morgan fingerprint density at radius 2 is 1.85 bits per heavy atom. The van der Waals surface area contributed by atoms with Gasteiger partial charge in [0.25, 0.3) is 10.0 Å². The van der Waals surface area contributed by atoms with Crippen molar-refractivity contribution in [3.8, 4) is 11.5 Å². The number of aromatic nitrogens is 2. The van der Waals surface area contributed by atoms with Crippen LogP contribution in [0, 0.1) is 5.82 Å². The minimum absolute atomic E-state index is 0.0996. The van der Waals surface area contributed by atoms with Gasteiger partial charge < -0.3 is 19.4 Å². The number of methoxy groups -OCH3 is 2. The molecule has 176 valence electrons. The van der Waals surface area contributed by atoms with Crippen LogP contribution in [0.5, 0.6) is 11.5 Å². The van der Waals surface area contributed by atoms with Crippen LogP contribution >= 0.6 is 0 Å². The van der Waals surface area contributed by atoms with Crippen LogP contribution in [0.2, 0.25) is 0 Å². The quantitative estimate of drug-likeness (QED) is 0.427. The lowest BCUT2D eigenvalue weighted by Gasteiger charge is -2.24. The van der Waals surface area contributed by atoms with E-state index in [1.807, 2.05) is 10.8 Å². The fraction of sp³-hybridized carbons (Fsp3) is 0.273. The maximum atomic E-state index is 13.5. The van der Waals surface area contributed by atoms with Gasteiger partial charge >= 0.3 is 0 Å². The van der Waals surface area contributed by atoms with Crippen LogP contribution in [-0.2, 0) is 21.4 Å². The van der Waals surface area contributed by atoms with Gasteiger partial charge in [0, 0.05) is 31.5 Å². The van der Waals surface area contributed by atoms with Gasteiger partial charge in [0.1, 0.15) is 12.4 Å². The summed E-state index contributed by atoms with van der Waals surface area (Å²) in [6.45, 7) is 0.532. The Labute approximate surface area is 191 Å². The molecular formula is C22H25FN4O5S. The van der Waals surface area contributed by atoms with E-state index in [1.54, 1.807) is 12.5 Å². The lowest BCUT2D eigenvalue weighted by Crippen LogP contribution is -2.41. The summed E-state index contributed by atoms with van der Waals surface area (Å²) >= 11 is 0. The van der Waals surface area contributed by atoms with Gasteiger partial charge in [-0.25, -0.2) is 17.8 Å². The van der Waals surface area contributed by atoms with Crippen molar-refractivity contribution >= 4 is 21.6 Å². The fourth-order valence-corrected chi connectivity index (χ4v) is 4.56. The molecule has 0 fully saturated rings. The van der Waals surface area contributed by atoms with Gasteiger partial charge in [0.05, 0.1) is 31.1 Å². The van der Waals surface area contributed by atoms with E-state index in [2.05, 4.69) is 10.3 Å². The van der Waals surface area contributed by atoms with Crippen LogP contribution in [0.15, 0.2) is 66.1 Å². The number of halogens is 1. The molecular weight excluding hydrogens is 451 g/mol. The number of nitrogens with zero attached hydrogens (tertiary/aromatic N) is 3. The van der Waals surface area contributed by atoms with Gasteiger partial charge in [-0.15, -0.1) is 0 Å². The van der Waals surface area contributed by atoms with Crippen molar-refractivity contribution in [1.29, 1.82) is 0 Å². The molecule has 1 N–H and O–H groups in total. The van der Waals surface area contributed by atoms with Crippen molar-refractivity contribution in [3.05, 3.63) is 67.0 Å². The summed E-state index contributed by atoms with van der Waals surface area (Å²) in [6, 6.07) is 9.01. The number of amides is 1. The first kappa shape index (κ1) is 24.1. The van der Waals surface area contributed by atoms with Crippen LogP contribution in [0.4, 0.5) is 10.1 Å². The second-order valence-corrected chi connectivity index (χ2v) is 8.87. The van der Waals surface area contributed by atoms with Gasteiger partial charge in [0.15, 0.2) is 11.5 Å². The minimum atomic E-state index is -4.18. The monoisotopic (exact) mass is 476 g/mol. The molecule has 2 aromatic carbocycles. The second kappa shape index (κ2) is 10.8. The average Bonchev–Trinajstić information content (AvgIpc) is 3.34. The zero-order chi connectivity index (χ0) is 23.8. The molecule has 0 bridgehead atoms. The second-order valence-electron chi connectivity index (χ2n) is 7.01. The molecule has 0 spiro atoms. The van der Waals surface area contributed by atoms with Gasteiger partial charge in [-0.3, -0.25) is 9.10 Å². The maximum Gasteiger partial charge on any atom is 0.264 e. The van der Waals surface area contributed by atoms with Crippen LogP contribution < -0.4 is 19.1 Å². The number of carbonyl (C=O) groups excluding carboxylic acids is 1. The lowest BCUT2D eigenvalue weighted by atomic mass is 10.3. The van der Waals surface area contributed by atoms with Crippen LogP contribution in [0.1, 0.15) is 6.42 Å². The van der Waals surface area contributed by atoms with Crippen molar-refractivity contribution in [3.63, 3.8) is 0 Å². The van der Waals surface area contributed by atoms with Crippen molar-refractivity contribution < 1.29 is 27.1 Å². The standard InChI is InChI=1S/C22H25FN4O5S/c1-31-20-9-8-19(14-21(20)32-2)33(29,30)27(18-6-4-17(23)5-7-18)15-22(28)25-10-3-12-26-13-11-24-16-26/h4-9,11,13-14,16H,3,10,12,15H2,1-2H3,(H,25,28). The summed E-state index contributed by atoms with van der Waals surface area (Å²) in [4.78, 5) is 16.5. The van der Waals surface area contributed by atoms with E-state index in [0.717, 1.165) is 16.4 Å². The number of ether oxygens (including phenoxy) is 2. The van der Waals surface area contributed by atoms with E-state index >= 15 is 0 Å². The average molecular weight is 477 g/mol. The number of nitrogens with one attached hydrogen (secondary N) is 1. The van der Waals surface area contributed by atoms with E-state index in [9.17, 15) is 17.6 Å². The van der Waals surface area contributed by atoms with E-state index in [4.69, 9.17) is 9.47 Å². The SMILES string of the molecule is COc1ccc(S(=O)(=O)N(CC(=O)NCCCn2ccnc2)c2ccc(F)cc2)cc1OC. The fourth-order valence-electron chi connectivity index (χ4n) is 3.12. The summed E-state index contributed by atoms with van der Waals surface area (Å²) < 4.78 is 53.5. The summed E-state index contributed by atoms with van der Waals surface area (Å²) in [5, 5.41) is 2.72. The minimum Gasteiger partial charge on any atom is -0.493 e. The molecule has 0 aliphatic rings. The normalized spacial score (nSPS) is 11.1. The number of sulfonamides is 1. The summed E-state index contributed by atoms with van der Waals surface area (Å²) in [5.41, 5.74) is 0.153. The van der Waals surface area contributed by atoms with Gasteiger partial charge in [-0.2, -0.15) is 0 Å². The van der Waals surface area contributed by atoms with E-state index in [-0.39, 0.29) is 16.3 Å². The van der Waals surface area contributed by atoms with Gasteiger partial charge in [-0.1, -0.05) is 0 Å². The molecule has 0 radical (unpaired) electrons. The summed E-state index contributed by atoms with van der Waals surface area (Å²) in [7, 11) is -1.35. The Bertz CT molecular complexity index is 1170. The Morgan fingerprint density at radius 1 is 1.12 bits per heavy atom. The molecule has 0 atom stereocenters. The Hall–Kier alpha value is -3.60. The molecule has 1 amide bonds.